The molecule has 2 aliphatic rings. The van der Waals surface area contributed by atoms with E-state index in [2.05, 4.69) is 51.8 Å². The van der Waals surface area contributed by atoms with Gasteiger partial charge in [0.05, 0.1) is 0 Å². The highest BCUT2D eigenvalue weighted by Crippen LogP contribution is 2.68. The van der Waals surface area contributed by atoms with Gasteiger partial charge in [0.25, 0.3) is 0 Å². The third-order valence-electron chi connectivity index (χ3n) is 6.14. The molecule has 2 atom stereocenters. The third kappa shape index (κ3) is 2.49. The smallest absolute Gasteiger partial charge is 0.226 e. The van der Waals surface area contributed by atoms with Gasteiger partial charge in [-0.2, -0.15) is 0 Å². The van der Waals surface area contributed by atoms with Gasteiger partial charge < -0.3 is 10.2 Å². The molecule has 1 amide bonds. The first kappa shape index (κ1) is 15.8. The van der Waals surface area contributed by atoms with Crippen LogP contribution in [0.2, 0.25) is 0 Å². The average Bonchev–Trinajstić information content (AvgIpc) is 2.77. The summed E-state index contributed by atoms with van der Waals surface area (Å²) in [5, 5.41) is 3.62. The van der Waals surface area contributed by atoms with Crippen molar-refractivity contribution in [2.75, 3.05) is 19.6 Å². The van der Waals surface area contributed by atoms with E-state index in [0.717, 1.165) is 26.1 Å². The Hall–Kier alpha value is -0.570. The van der Waals surface area contributed by atoms with Crippen LogP contribution in [-0.4, -0.2) is 36.5 Å². The van der Waals surface area contributed by atoms with Crippen molar-refractivity contribution in [3.05, 3.63) is 0 Å². The van der Waals surface area contributed by atoms with Gasteiger partial charge in [0.2, 0.25) is 5.91 Å². The van der Waals surface area contributed by atoms with Crippen molar-refractivity contribution in [1.82, 2.24) is 10.2 Å². The molecule has 0 radical (unpaired) electrons. The number of likely N-dealkylation sites (tertiary alicyclic amines) is 1. The minimum Gasteiger partial charge on any atom is -0.342 e. The lowest BCUT2D eigenvalue weighted by Gasteiger charge is -2.38. The van der Waals surface area contributed by atoms with Gasteiger partial charge in [-0.3, -0.25) is 4.79 Å². The van der Waals surface area contributed by atoms with Crippen LogP contribution in [0.1, 0.15) is 54.4 Å². The molecular weight excluding hydrogens is 248 g/mol. The molecule has 0 spiro atoms. The molecule has 2 fully saturated rings. The molecule has 1 saturated heterocycles. The lowest BCUT2D eigenvalue weighted by atomic mass is 9.93. The quantitative estimate of drug-likeness (QED) is 0.859. The van der Waals surface area contributed by atoms with Crippen molar-refractivity contribution in [2.45, 2.75) is 60.4 Å². The summed E-state index contributed by atoms with van der Waals surface area (Å²) in [6, 6.07) is 0.583. The van der Waals surface area contributed by atoms with Crippen LogP contribution in [0, 0.1) is 22.7 Å². The summed E-state index contributed by atoms with van der Waals surface area (Å²) in [6.45, 7) is 16.3. The van der Waals surface area contributed by atoms with Crippen molar-refractivity contribution in [1.29, 1.82) is 0 Å². The van der Waals surface area contributed by atoms with Gasteiger partial charge in [0.15, 0.2) is 0 Å². The first-order valence-electron chi connectivity index (χ1n) is 8.25. The molecule has 0 aromatic carbocycles. The molecule has 116 valence electrons. The molecule has 20 heavy (non-hydrogen) atoms. The first-order valence-corrected chi connectivity index (χ1v) is 8.25. The van der Waals surface area contributed by atoms with E-state index in [-0.39, 0.29) is 16.7 Å². The maximum absolute atomic E-state index is 12.8. The molecule has 0 bridgehead atoms. The fraction of sp³-hybridized carbons (Fsp3) is 0.941. The molecule has 1 aliphatic heterocycles. The zero-order chi connectivity index (χ0) is 15.1. The van der Waals surface area contributed by atoms with E-state index in [1.165, 1.54) is 6.42 Å². The summed E-state index contributed by atoms with van der Waals surface area (Å²) >= 11 is 0. The maximum Gasteiger partial charge on any atom is 0.226 e. The molecule has 3 nitrogen and oxygen atoms in total. The molecule has 0 aromatic rings. The number of rotatable bonds is 4. The van der Waals surface area contributed by atoms with Crippen molar-refractivity contribution in [2.24, 2.45) is 22.7 Å². The Morgan fingerprint density at radius 2 is 1.85 bits per heavy atom. The van der Waals surface area contributed by atoms with Crippen molar-refractivity contribution < 1.29 is 4.79 Å². The number of hydrogen-bond acceptors (Lipinski definition) is 2. The topological polar surface area (TPSA) is 32.3 Å². The largest absolute Gasteiger partial charge is 0.342 e. The van der Waals surface area contributed by atoms with Crippen LogP contribution in [0.4, 0.5) is 0 Å². The van der Waals surface area contributed by atoms with Gasteiger partial charge in [0.1, 0.15) is 0 Å². The summed E-state index contributed by atoms with van der Waals surface area (Å²) in [6.07, 6.45) is 2.27. The van der Waals surface area contributed by atoms with E-state index in [1.807, 2.05) is 0 Å². The van der Waals surface area contributed by atoms with Crippen LogP contribution in [0.5, 0.6) is 0 Å². The first-order chi connectivity index (χ1) is 9.23. The molecule has 1 aliphatic carbocycles. The highest BCUT2D eigenvalue weighted by molar-refractivity contribution is 5.84. The van der Waals surface area contributed by atoms with Gasteiger partial charge in [-0.15, -0.1) is 0 Å². The fourth-order valence-corrected chi connectivity index (χ4v) is 3.98. The van der Waals surface area contributed by atoms with E-state index in [1.54, 1.807) is 0 Å². The fourth-order valence-electron chi connectivity index (χ4n) is 3.98. The Balaban J connectivity index is 1.92. The van der Waals surface area contributed by atoms with Crippen molar-refractivity contribution in [3.8, 4) is 0 Å². The second-order valence-corrected chi connectivity index (χ2v) is 7.99. The second kappa shape index (κ2) is 5.32. The molecule has 1 saturated carbocycles. The number of carbonyl (C=O) groups excluding carboxylic acids is 1. The Morgan fingerprint density at radius 3 is 2.30 bits per heavy atom. The normalized spacial score (nSPS) is 32.2. The third-order valence-corrected chi connectivity index (χ3v) is 6.14. The SMILES string of the molecule is CCCNC1CCN(C(=O)C2C(C)(C)C2(C)C)CC1C. The van der Waals surface area contributed by atoms with Crippen LogP contribution in [0.25, 0.3) is 0 Å². The monoisotopic (exact) mass is 280 g/mol. The summed E-state index contributed by atoms with van der Waals surface area (Å²) in [5.41, 5.74) is 0.315. The van der Waals surface area contributed by atoms with Crippen LogP contribution >= 0.6 is 0 Å². The molecule has 1 N–H and O–H groups in total. The molecular formula is C17H32N2O. The molecule has 2 unspecified atom stereocenters. The second-order valence-electron chi connectivity index (χ2n) is 7.99. The molecule has 1 heterocycles. The van der Waals surface area contributed by atoms with Gasteiger partial charge in [-0.05, 0) is 36.1 Å². The Morgan fingerprint density at radius 1 is 1.25 bits per heavy atom. The van der Waals surface area contributed by atoms with Crippen LogP contribution in [-0.2, 0) is 4.79 Å². The zero-order valence-electron chi connectivity index (χ0n) is 14.1. The van der Waals surface area contributed by atoms with Gasteiger partial charge in [0, 0.05) is 25.0 Å². The summed E-state index contributed by atoms with van der Waals surface area (Å²) in [7, 11) is 0. The number of hydrogen-bond donors (Lipinski definition) is 1. The number of carbonyl (C=O) groups is 1. The Kier molecular flexibility index (Phi) is 4.21. The van der Waals surface area contributed by atoms with E-state index >= 15 is 0 Å². The van der Waals surface area contributed by atoms with E-state index in [0.29, 0.717) is 17.9 Å². The standard InChI is InChI=1S/C17H32N2O/c1-7-9-18-13-8-10-19(11-12(13)2)15(20)14-16(3,4)17(14,5)6/h12-14,18H,7-11H2,1-6H3. The Labute approximate surface area is 124 Å². The van der Waals surface area contributed by atoms with Crippen LogP contribution < -0.4 is 5.32 Å². The lowest BCUT2D eigenvalue weighted by molar-refractivity contribution is -0.136. The van der Waals surface area contributed by atoms with Crippen molar-refractivity contribution in [3.63, 3.8) is 0 Å². The number of nitrogens with one attached hydrogen (secondary N) is 1. The summed E-state index contributed by atoms with van der Waals surface area (Å²) in [4.78, 5) is 14.9. The highest BCUT2D eigenvalue weighted by atomic mass is 16.2. The Bertz CT molecular complexity index is 361. The van der Waals surface area contributed by atoms with E-state index < -0.39 is 0 Å². The highest BCUT2D eigenvalue weighted by Gasteiger charge is 2.68. The minimum absolute atomic E-state index is 0.157. The molecule has 3 heteroatoms. The summed E-state index contributed by atoms with van der Waals surface area (Å²) in [5.74, 6) is 1.16. The van der Waals surface area contributed by atoms with Crippen molar-refractivity contribution >= 4 is 5.91 Å². The number of nitrogens with zero attached hydrogens (tertiary/aromatic N) is 1. The minimum atomic E-state index is 0.157. The summed E-state index contributed by atoms with van der Waals surface area (Å²) < 4.78 is 0. The lowest BCUT2D eigenvalue weighted by Crippen LogP contribution is -2.51. The van der Waals surface area contributed by atoms with Crippen LogP contribution in [0.15, 0.2) is 0 Å². The van der Waals surface area contributed by atoms with Gasteiger partial charge >= 0.3 is 0 Å². The number of piperidine rings is 1. The predicted molar refractivity (Wildman–Crippen MR) is 83.5 cm³/mol. The van der Waals surface area contributed by atoms with Crippen LogP contribution in [0.3, 0.4) is 0 Å². The zero-order valence-corrected chi connectivity index (χ0v) is 14.1. The van der Waals surface area contributed by atoms with Gasteiger partial charge in [-0.1, -0.05) is 41.5 Å². The van der Waals surface area contributed by atoms with E-state index in [4.69, 9.17) is 0 Å². The molecule has 2 rings (SSSR count). The maximum atomic E-state index is 12.8. The number of amides is 1. The van der Waals surface area contributed by atoms with E-state index in [9.17, 15) is 4.79 Å². The molecule has 0 aromatic heterocycles. The van der Waals surface area contributed by atoms with Gasteiger partial charge in [-0.25, -0.2) is 0 Å². The predicted octanol–water partition coefficient (Wildman–Crippen LogP) is 2.91. The average molecular weight is 280 g/mol.